The maximum absolute atomic E-state index is 12.2. The molecule has 1 aromatic carbocycles. The predicted octanol–water partition coefficient (Wildman–Crippen LogP) is 3.10. The molecule has 0 aliphatic heterocycles. The maximum Gasteiger partial charge on any atom is 0.226 e. The van der Waals surface area contributed by atoms with Crippen LogP contribution in [0.4, 0.5) is 5.69 Å². The van der Waals surface area contributed by atoms with E-state index >= 15 is 0 Å². The summed E-state index contributed by atoms with van der Waals surface area (Å²) in [5, 5.41) is 7.29. The zero-order chi connectivity index (χ0) is 15.6. The number of nitrogens with zero attached hydrogens (tertiary/aromatic N) is 3. The van der Waals surface area contributed by atoms with Crippen molar-refractivity contribution < 1.29 is 4.79 Å². The Hall–Kier alpha value is -2.17. The number of hydrogen-bond donors (Lipinski definition) is 1. The van der Waals surface area contributed by atoms with Crippen molar-refractivity contribution in [1.82, 2.24) is 14.8 Å². The van der Waals surface area contributed by atoms with Crippen molar-refractivity contribution in [2.24, 2.45) is 0 Å². The predicted molar refractivity (Wildman–Crippen MR) is 83.4 cm³/mol. The highest BCUT2D eigenvalue weighted by molar-refractivity contribution is 5.91. The van der Waals surface area contributed by atoms with Crippen molar-refractivity contribution in [3.63, 3.8) is 0 Å². The largest absolute Gasteiger partial charge is 0.326 e. The smallest absolute Gasteiger partial charge is 0.226 e. The third-order valence-electron chi connectivity index (χ3n) is 3.46. The van der Waals surface area contributed by atoms with Crippen molar-refractivity contribution in [2.45, 2.75) is 47.1 Å². The third-order valence-corrected chi connectivity index (χ3v) is 3.46. The minimum atomic E-state index is -0.0167. The number of aryl methyl sites for hydroxylation is 4. The summed E-state index contributed by atoms with van der Waals surface area (Å²) < 4.78 is 1.80. The summed E-state index contributed by atoms with van der Waals surface area (Å²) in [5.74, 6) is 1.55. The number of anilines is 1. The second-order valence-electron chi connectivity index (χ2n) is 5.57. The summed E-state index contributed by atoms with van der Waals surface area (Å²) in [7, 11) is 0. The number of carbonyl (C=O) groups is 1. The minimum absolute atomic E-state index is 0.0120. The first kappa shape index (κ1) is 15.2. The Kier molecular flexibility index (Phi) is 4.40. The van der Waals surface area contributed by atoms with Crippen LogP contribution < -0.4 is 5.32 Å². The second-order valence-corrected chi connectivity index (χ2v) is 5.57. The van der Waals surface area contributed by atoms with Crippen molar-refractivity contribution in [2.75, 3.05) is 5.32 Å². The van der Waals surface area contributed by atoms with Crippen LogP contribution in [0.15, 0.2) is 18.2 Å². The monoisotopic (exact) mass is 286 g/mol. The molecule has 0 unspecified atom stereocenters. The number of hydrogen-bond acceptors (Lipinski definition) is 3. The van der Waals surface area contributed by atoms with E-state index in [9.17, 15) is 4.79 Å². The summed E-state index contributed by atoms with van der Waals surface area (Å²) >= 11 is 0. The molecule has 1 aromatic heterocycles. The zero-order valence-electron chi connectivity index (χ0n) is 13.3. The van der Waals surface area contributed by atoms with E-state index in [-0.39, 0.29) is 11.9 Å². The van der Waals surface area contributed by atoms with Crippen LogP contribution in [0.2, 0.25) is 0 Å². The van der Waals surface area contributed by atoms with Crippen molar-refractivity contribution in [3.05, 3.63) is 41.0 Å². The van der Waals surface area contributed by atoms with Gasteiger partial charge in [-0.05, 0) is 46.2 Å². The van der Waals surface area contributed by atoms with E-state index in [0.717, 1.165) is 22.9 Å². The van der Waals surface area contributed by atoms with Crippen molar-refractivity contribution >= 4 is 11.6 Å². The zero-order valence-corrected chi connectivity index (χ0v) is 13.3. The van der Waals surface area contributed by atoms with Gasteiger partial charge in [0, 0.05) is 12.1 Å². The molecule has 1 N–H and O–H groups in total. The average Bonchev–Trinajstić information content (AvgIpc) is 2.72. The SMILES string of the molecule is Cc1ccc(NC(=O)C[C@H](C)n2nc(C)nc2C)c(C)c1. The molecule has 0 aliphatic carbocycles. The molecule has 0 saturated carbocycles. The lowest BCUT2D eigenvalue weighted by Gasteiger charge is -2.14. The van der Waals surface area contributed by atoms with Gasteiger partial charge in [-0.1, -0.05) is 17.7 Å². The van der Waals surface area contributed by atoms with E-state index in [0.29, 0.717) is 6.42 Å². The lowest BCUT2D eigenvalue weighted by Crippen LogP contribution is -2.19. The van der Waals surface area contributed by atoms with E-state index in [1.54, 1.807) is 4.68 Å². The van der Waals surface area contributed by atoms with Gasteiger partial charge >= 0.3 is 0 Å². The molecule has 1 amide bonds. The first-order valence-electron chi connectivity index (χ1n) is 7.13. The molecule has 112 valence electrons. The van der Waals surface area contributed by atoms with E-state index in [1.807, 2.05) is 46.8 Å². The van der Waals surface area contributed by atoms with Crippen molar-refractivity contribution in [3.8, 4) is 0 Å². The Morgan fingerprint density at radius 1 is 1.29 bits per heavy atom. The summed E-state index contributed by atoms with van der Waals surface area (Å²) in [4.78, 5) is 16.4. The summed E-state index contributed by atoms with van der Waals surface area (Å²) in [5.41, 5.74) is 3.13. The van der Waals surface area contributed by atoms with Crippen LogP contribution in [0.1, 0.15) is 42.2 Å². The highest BCUT2D eigenvalue weighted by atomic mass is 16.1. The standard InChI is InChI=1S/C16H22N4O/c1-10-6-7-15(11(2)8-10)18-16(21)9-12(3)20-14(5)17-13(4)19-20/h6-8,12H,9H2,1-5H3,(H,18,21)/t12-/m0/s1. The molecular formula is C16H22N4O. The van der Waals surface area contributed by atoms with Crippen LogP contribution in [0, 0.1) is 27.7 Å². The molecule has 21 heavy (non-hydrogen) atoms. The fourth-order valence-electron chi connectivity index (χ4n) is 2.46. The fraction of sp³-hybridized carbons (Fsp3) is 0.438. The van der Waals surface area contributed by atoms with Gasteiger partial charge in [-0.25, -0.2) is 9.67 Å². The molecule has 5 heteroatoms. The Morgan fingerprint density at radius 2 is 2.00 bits per heavy atom. The van der Waals surface area contributed by atoms with Gasteiger partial charge in [0.25, 0.3) is 0 Å². The van der Waals surface area contributed by atoms with Gasteiger partial charge in [-0.2, -0.15) is 5.10 Å². The normalized spacial score (nSPS) is 12.2. The fourth-order valence-corrected chi connectivity index (χ4v) is 2.46. The van der Waals surface area contributed by atoms with Crippen LogP contribution in [0.3, 0.4) is 0 Å². The lowest BCUT2D eigenvalue weighted by atomic mass is 10.1. The van der Waals surface area contributed by atoms with Gasteiger partial charge < -0.3 is 5.32 Å². The van der Waals surface area contributed by atoms with Crippen LogP contribution in [0.25, 0.3) is 0 Å². The van der Waals surface area contributed by atoms with Gasteiger partial charge in [-0.15, -0.1) is 0 Å². The van der Waals surface area contributed by atoms with E-state index in [2.05, 4.69) is 21.5 Å². The number of amides is 1. The van der Waals surface area contributed by atoms with Crippen LogP contribution in [-0.2, 0) is 4.79 Å². The lowest BCUT2D eigenvalue weighted by molar-refractivity contribution is -0.116. The molecule has 0 fully saturated rings. The van der Waals surface area contributed by atoms with Gasteiger partial charge in [0.15, 0.2) is 0 Å². The quantitative estimate of drug-likeness (QED) is 0.939. The average molecular weight is 286 g/mol. The number of rotatable bonds is 4. The Labute approximate surface area is 125 Å². The topological polar surface area (TPSA) is 59.8 Å². The van der Waals surface area contributed by atoms with E-state index in [1.165, 1.54) is 5.56 Å². The summed E-state index contributed by atoms with van der Waals surface area (Å²) in [6.45, 7) is 9.76. The summed E-state index contributed by atoms with van der Waals surface area (Å²) in [6.07, 6.45) is 0.372. The molecule has 2 aromatic rings. The molecule has 0 aliphatic rings. The first-order chi connectivity index (χ1) is 9.86. The maximum atomic E-state index is 12.2. The minimum Gasteiger partial charge on any atom is -0.326 e. The highest BCUT2D eigenvalue weighted by Gasteiger charge is 2.15. The second kappa shape index (κ2) is 6.08. The van der Waals surface area contributed by atoms with Gasteiger partial charge in [0.2, 0.25) is 5.91 Å². The summed E-state index contributed by atoms with van der Waals surface area (Å²) in [6, 6.07) is 5.98. The number of benzene rings is 1. The molecule has 0 saturated heterocycles. The van der Waals surface area contributed by atoms with E-state index in [4.69, 9.17) is 0 Å². The molecule has 1 heterocycles. The molecule has 0 spiro atoms. The Bertz CT molecular complexity index is 660. The highest BCUT2D eigenvalue weighted by Crippen LogP contribution is 2.18. The van der Waals surface area contributed by atoms with Crippen LogP contribution in [0.5, 0.6) is 0 Å². The van der Waals surface area contributed by atoms with Gasteiger partial charge in [0.1, 0.15) is 11.6 Å². The number of carbonyl (C=O) groups excluding carboxylic acids is 1. The molecular weight excluding hydrogens is 264 g/mol. The van der Waals surface area contributed by atoms with E-state index < -0.39 is 0 Å². The van der Waals surface area contributed by atoms with Crippen LogP contribution in [-0.4, -0.2) is 20.7 Å². The van der Waals surface area contributed by atoms with Crippen LogP contribution >= 0.6 is 0 Å². The van der Waals surface area contributed by atoms with Gasteiger partial charge in [0.05, 0.1) is 6.04 Å². The Balaban J connectivity index is 2.03. The van der Waals surface area contributed by atoms with Gasteiger partial charge in [-0.3, -0.25) is 4.79 Å². The number of nitrogens with one attached hydrogen (secondary N) is 1. The third kappa shape index (κ3) is 3.68. The molecule has 5 nitrogen and oxygen atoms in total. The molecule has 0 bridgehead atoms. The Morgan fingerprint density at radius 3 is 2.57 bits per heavy atom. The molecule has 0 radical (unpaired) electrons. The number of aromatic nitrogens is 3. The van der Waals surface area contributed by atoms with Crippen molar-refractivity contribution in [1.29, 1.82) is 0 Å². The molecule has 1 atom stereocenters. The molecule has 2 rings (SSSR count). The first-order valence-corrected chi connectivity index (χ1v) is 7.13.